The molecule has 1 aliphatic rings. The van der Waals surface area contributed by atoms with Gasteiger partial charge in [0.25, 0.3) is 15.9 Å². The first-order chi connectivity index (χ1) is 30.4. The van der Waals surface area contributed by atoms with Crippen LogP contribution in [0.1, 0.15) is 67.2 Å². The molecule has 16 nitrogen and oxygen atoms in total. The fourth-order valence-corrected chi connectivity index (χ4v) is 9.58. The average molecular weight is 912 g/mol. The standard InChI is InChI=1S/C44H46ClN9O7S2/c1-26-8-13-35(41-38(26)32(24-46)25-49-41)53-63(57,58)34-7-5-6-31(22-34)43(56)48-15-17-60-19-21-61-20-18-59-16-14-47-37(55)23-36-42-52-51-29(4)54(42)44-39(27(2)28(3)62-44)40(50-36)30-9-11-33(45)12-10-30/h5-13,22,25,36,49,53H,14-21,23H2,1-4H3,(H,47,55)(H,48,56)/t36-/m0/s1. The number of fused-ring (bicyclic) bond motifs is 4. The van der Waals surface area contributed by atoms with Gasteiger partial charge in [-0.1, -0.05) is 35.9 Å². The van der Waals surface area contributed by atoms with E-state index in [1.807, 2.05) is 42.7 Å². The van der Waals surface area contributed by atoms with Crippen LogP contribution < -0.4 is 15.4 Å². The predicted octanol–water partition coefficient (Wildman–Crippen LogP) is 6.25. The molecule has 2 amide bonds. The quantitative estimate of drug-likeness (QED) is 0.0671. The van der Waals surface area contributed by atoms with Crippen LogP contribution in [-0.2, 0) is 29.0 Å². The minimum atomic E-state index is -4.06. The molecule has 0 radical (unpaired) electrons. The third-order valence-electron chi connectivity index (χ3n) is 10.4. The Labute approximate surface area is 373 Å². The molecule has 4 heterocycles. The number of hydrogen-bond donors (Lipinski definition) is 4. The van der Waals surface area contributed by atoms with Crippen LogP contribution in [0.25, 0.3) is 15.9 Å². The number of rotatable bonds is 19. The van der Waals surface area contributed by atoms with Gasteiger partial charge < -0.3 is 29.8 Å². The summed E-state index contributed by atoms with van der Waals surface area (Å²) in [7, 11) is -4.06. The number of aliphatic imine (C=N–C) groups is 1. The molecule has 328 valence electrons. The molecule has 1 atom stereocenters. The van der Waals surface area contributed by atoms with Gasteiger partial charge in [-0.2, -0.15) is 5.26 Å². The largest absolute Gasteiger partial charge is 0.377 e. The van der Waals surface area contributed by atoms with Crippen LogP contribution in [0.4, 0.5) is 5.69 Å². The van der Waals surface area contributed by atoms with Gasteiger partial charge in [-0.25, -0.2) is 8.42 Å². The van der Waals surface area contributed by atoms with Crippen molar-refractivity contribution >= 4 is 67.1 Å². The number of halogens is 1. The first-order valence-corrected chi connectivity index (χ1v) is 22.8. The van der Waals surface area contributed by atoms with Gasteiger partial charge in [0.15, 0.2) is 5.82 Å². The van der Waals surface area contributed by atoms with E-state index in [2.05, 4.69) is 50.5 Å². The highest BCUT2D eigenvalue weighted by atomic mass is 35.5. The number of anilines is 1. The summed E-state index contributed by atoms with van der Waals surface area (Å²) in [6.45, 7) is 10.2. The minimum absolute atomic E-state index is 0.0733. The number of nitrogens with one attached hydrogen (secondary N) is 4. The number of carbonyl (C=O) groups is 2. The molecular weight excluding hydrogens is 866 g/mol. The van der Waals surface area contributed by atoms with Gasteiger partial charge in [0.2, 0.25) is 5.91 Å². The molecule has 4 N–H and O–H groups in total. The lowest BCUT2D eigenvalue weighted by Crippen LogP contribution is -2.29. The van der Waals surface area contributed by atoms with Gasteiger partial charge in [-0.3, -0.25) is 23.9 Å². The summed E-state index contributed by atoms with van der Waals surface area (Å²) in [5, 5.41) is 26.1. The monoisotopic (exact) mass is 911 g/mol. The van der Waals surface area contributed by atoms with Crippen molar-refractivity contribution in [1.82, 2.24) is 30.4 Å². The van der Waals surface area contributed by atoms with E-state index >= 15 is 0 Å². The molecule has 7 rings (SSSR count). The molecule has 0 aliphatic carbocycles. The molecule has 3 aromatic heterocycles. The summed E-state index contributed by atoms with van der Waals surface area (Å²) >= 11 is 7.87. The van der Waals surface area contributed by atoms with Gasteiger partial charge in [0.1, 0.15) is 22.9 Å². The van der Waals surface area contributed by atoms with Crippen molar-refractivity contribution in [2.45, 2.75) is 45.1 Å². The molecule has 0 unspecified atom stereocenters. The van der Waals surface area contributed by atoms with E-state index in [9.17, 15) is 23.3 Å². The molecule has 0 saturated heterocycles. The van der Waals surface area contributed by atoms with Crippen LogP contribution in [0, 0.1) is 39.0 Å². The van der Waals surface area contributed by atoms with Crippen LogP contribution in [0.5, 0.6) is 0 Å². The van der Waals surface area contributed by atoms with Crippen molar-refractivity contribution in [2.75, 3.05) is 57.5 Å². The normalized spacial score (nSPS) is 13.5. The molecule has 1 aliphatic heterocycles. The van der Waals surface area contributed by atoms with Crippen LogP contribution in [-0.4, -0.2) is 98.4 Å². The van der Waals surface area contributed by atoms with Gasteiger partial charge in [0.05, 0.1) is 73.4 Å². The lowest BCUT2D eigenvalue weighted by molar-refractivity contribution is -0.121. The Morgan fingerprint density at radius 2 is 1.62 bits per heavy atom. The Balaban J connectivity index is 0.785. The third-order valence-corrected chi connectivity index (χ3v) is 13.2. The number of aryl methyl sites for hydroxylation is 3. The Kier molecular flexibility index (Phi) is 14.4. The van der Waals surface area contributed by atoms with E-state index in [0.29, 0.717) is 60.3 Å². The number of carbonyl (C=O) groups excluding carboxylic acids is 2. The maximum atomic E-state index is 13.3. The fourth-order valence-electron chi connectivity index (χ4n) is 7.13. The van der Waals surface area contributed by atoms with Gasteiger partial charge in [-0.15, -0.1) is 21.5 Å². The summed E-state index contributed by atoms with van der Waals surface area (Å²) in [5.74, 6) is 0.681. The number of aromatic nitrogens is 4. The molecular formula is C44H46ClN9O7S2. The van der Waals surface area contributed by atoms with Crippen molar-refractivity contribution in [1.29, 1.82) is 5.26 Å². The number of nitrogens with zero attached hydrogens (tertiary/aromatic N) is 5. The van der Waals surface area contributed by atoms with Crippen molar-refractivity contribution in [3.8, 4) is 11.1 Å². The van der Waals surface area contributed by atoms with Gasteiger partial charge >= 0.3 is 0 Å². The van der Waals surface area contributed by atoms with Crippen molar-refractivity contribution < 1.29 is 32.2 Å². The summed E-state index contributed by atoms with van der Waals surface area (Å²) in [5.41, 5.74) is 5.99. The number of thiophene rings is 1. The predicted molar refractivity (Wildman–Crippen MR) is 241 cm³/mol. The second-order valence-electron chi connectivity index (χ2n) is 14.7. The summed E-state index contributed by atoms with van der Waals surface area (Å²) in [6.07, 6.45) is 1.61. The smallest absolute Gasteiger partial charge is 0.261 e. The number of H-pyrrole nitrogens is 1. The Hall–Kier alpha value is -5.94. The molecule has 0 fully saturated rings. The van der Waals surface area contributed by atoms with Crippen molar-refractivity contribution in [2.24, 2.45) is 4.99 Å². The second kappa shape index (κ2) is 20.1. The number of aromatic amines is 1. The van der Waals surface area contributed by atoms with E-state index in [4.69, 9.17) is 30.8 Å². The number of benzene rings is 3. The van der Waals surface area contributed by atoms with Crippen molar-refractivity contribution in [3.63, 3.8) is 0 Å². The lowest BCUT2D eigenvalue weighted by atomic mass is 9.99. The van der Waals surface area contributed by atoms with Gasteiger partial charge in [0, 0.05) is 51.3 Å². The number of nitriles is 1. The fraction of sp³-hybridized carbons (Fsp3) is 0.318. The maximum Gasteiger partial charge on any atom is 0.261 e. The van der Waals surface area contributed by atoms with E-state index < -0.39 is 22.0 Å². The summed E-state index contributed by atoms with van der Waals surface area (Å²) in [4.78, 5) is 35.2. The van der Waals surface area contributed by atoms with Gasteiger partial charge in [-0.05, 0) is 75.2 Å². The van der Waals surface area contributed by atoms with Crippen LogP contribution in [0.3, 0.4) is 0 Å². The highest BCUT2D eigenvalue weighted by molar-refractivity contribution is 7.92. The first-order valence-electron chi connectivity index (χ1n) is 20.1. The SMILES string of the molecule is Cc1sc2c(c1C)C(c1ccc(Cl)cc1)=N[C@@H](CC(=O)NCCOCCOCCOCCNC(=O)c1cccc(S(=O)(=O)Nc3ccc(C)c4c(C#N)c[nH]c34)c1)c1nnc(C)n1-2. The molecule has 6 aromatic rings. The Morgan fingerprint density at radius 1 is 0.921 bits per heavy atom. The number of amides is 2. The zero-order chi connectivity index (χ0) is 44.7. The Bertz CT molecular complexity index is 2830. The molecule has 63 heavy (non-hydrogen) atoms. The summed E-state index contributed by atoms with van der Waals surface area (Å²) < 4.78 is 47.9. The zero-order valence-electron chi connectivity index (χ0n) is 35.1. The molecule has 19 heteroatoms. The number of ether oxygens (including phenoxy) is 3. The van der Waals surface area contributed by atoms with E-state index in [1.165, 1.54) is 35.3 Å². The van der Waals surface area contributed by atoms with E-state index in [1.54, 1.807) is 23.5 Å². The topological polar surface area (TPSA) is 215 Å². The highest BCUT2D eigenvalue weighted by Crippen LogP contribution is 2.39. The number of sulfonamides is 1. The maximum absolute atomic E-state index is 13.3. The summed E-state index contributed by atoms with van der Waals surface area (Å²) in [6, 6.07) is 18.2. The highest BCUT2D eigenvalue weighted by Gasteiger charge is 2.32. The number of hydrogen-bond acceptors (Lipinski definition) is 12. The second-order valence-corrected chi connectivity index (χ2v) is 18.0. The van der Waals surface area contributed by atoms with Crippen LogP contribution in [0.2, 0.25) is 5.02 Å². The van der Waals surface area contributed by atoms with Crippen LogP contribution >= 0.6 is 22.9 Å². The van der Waals surface area contributed by atoms with E-state index in [0.717, 1.165) is 38.8 Å². The Morgan fingerprint density at radius 3 is 2.33 bits per heavy atom. The molecule has 0 spiro atoms. The minimum Gasteiger partial charge on any atom is -0.377 e. The molecule has 3 aromatic carbocycles. The lowest BCUT2D eigenvalue weighted by Gasteiger charge is -2.13. The zero-order valence-corrected chi connectivity index (χ0v) is 37.5. The first kappa shape index (κ1) is 45.1. The van der Waals surface area contributed by atoms with Crippen LogP contribution in [0.15, 0.2) is 76.7 Å². The van der Waals surface area contributed by atoms with E-state index in [-0.39, 0.29) is 48.2 Å². The molecule has 0 saturated carbocycles. The average Bonchev–Trinajstić information content (AvgIpc) is 3.94. The van der Waals surface area contributed by atoms with Crippen molar-refractivity contribution in [3.05, 3.63) is 122 Å². The third kappa shape index (κ3) is 10.3. The molecule has 0 bridgehead atoms.